The molecular formula is C9H18O3S. The average molecular weight is 206 g/mol. The van der Waals surface area contributed by atoms with Crippen LogP contribution in [0.5, 0.6) is 0 Å². The average Bonchev–Trinajstić information content (AvgIpc) is 2.01. The molecule has 1 rings (SSSR count). The molecule has 13 heavy (non-hydrogen) atoms. The van der Waals surface area contributed by atoms with Crippen LogP contribution in [0, 0.1) is 0 Å². The van der Waals surface area contributed by atoms with Crippen LogP contribution in [0.1, 0.15) is 33.1 Å². The number of aliphatic hydroxyl groups excluding tert-OH is 1. The van der Waals surface area contributed by atoms with Crippen LogP contribution in [0.4, 0.5) is 0 Å². The Morgan fingerprint density at radius 2 is 2.08 bits per heavy atom. The van der Waals surface area contributed by atoms with Gasteiger partial charge in [-0.2, -0.15) is 0 Å². The van der Waals surface area contributed by atoms with E-state index in [0.29, 0.717) is 6.42 Å². The van der Waals surface area contributed by atoms with Gasteiger partial charge >= 0.3 is 0 Å². The topological polar surface area (TPSA) is 38.7 Å². The van der Waals surface area contributed by atoms with Gasteiger partial charge in [-0.05, 0) is 19.8 Å². The molecule has 1 aliphatic heterocycles. The van der Waals surface area contributed by atoms with Crippen LogP contribution in [-0.4, -0.2) is 29.0 Å². The fraction of sp³-hybridized carbons (Fsp3) is 1.00. The molecule has 4 atom stereocenters. The molecule has 0 aromatic carbocycles. The van der Waals surface area contributed by atoms with Gasteiger partial charge in [-0.25, -0.2) is 0 Å². The number of ether oxygens (including phenoxy) is 2. The highest BCUT2D eigenvalue weighted by Gasteiger charge is 2.27. The monoisotopic (exact) mass is 206 g/mol. The maximum absolute atomic E-state index is 9.20. The molecule has 1 fully saturated rings. The van der Waals surface area contributed by atoms with Crippen molar-refractivity contribution in [1.29, 1.82) is 0 Å². The summed E-state index contributed by atoms with van der Waals surface area (Å²) in [4.78, 5) is 0. The van der Waals surface area contributed by atoms with Gasteiger partial charge < -0.3 is 14.6 Å². The first kappa shape index (κ1) is 11.3. The summed E-state index contributed by atoms with van der Waals surface area (Å²) < 4.78 is 10.8. The highest BCUT2D eigenvalue weighted by molar-refractivity contribution is 7.80. The maximum atomic E-state index is 9.20. The van der Waals surface area contributed by atoms with Gasteiger partial charge in [0, 0.05) is 6.42 Å². The Labute approximate surface area is 84.8 Å². The SMILES string of the molecule is CCC1CC(CC(C)O)OC(S)O1. The van der Waals surface area contributed by atoms with E-state index in [1.54, 1.807) is 6.92 Å². The lowest BCUT2D eigenvalue weighted by Gasteiger charge is -2.33. The van der Waals surface area contributed by atoms with E-state index in [2.05, 4.69) is 19.6 Å². The van der Waals surface area contributed by atoms with Crippen molar-refractivity contribution in [3.8, 4) is 0 Å². The zero-order valence-electron chi connectivity index (χ0n) is 8.14. The minimum absolute atomic E-state index is 0.0844. The second kappa shape index (κ2) is 5.20. The molecule has 4 unspecified atom stereocenters. The lowest BCUT2D eigenvalue weighted by molar-refractivity contribution is -0.201. The largest absolute Gasteiger partial charge is 0.393 e. The van der Waals surface area contributed by atoms with Crippen LogP contribution in [-0.2, 0) is 9.47 Å². The van der Waals surface area contributed by atoms with E-state index in [1.165, 1.54) is 0 Å². The van der Waals surface area contributed by atoms with Crippen LogP contribution in [0.15, 0.2) is 0 Å². The number of hydrogen-bond acceptors (Lipinski definition) is 4. The lowest BCUT2D eigenvalue weighted by atomic mass is 10.0. The van der Waals surface area contributed by atoms with Crippen molar-refractivity contribution >= 4 is 12.6 Å². The Bertz CT molecular complexity index is 150. The van der Waals surface area contributed by atoms with Crippen molar-refractivity contribution in [3.05, 3.63) is 0 Å². The van der Waals surface area contributed by atoms with Crippen LogP contribution >= 0.6 is 12.6 Å². The summed E-state index contributed by atoms with van der Waals surface area (Å²) in [5, 5.41) is 9.20. The number of thiol groups is 1. The number of aliphatic hydroxyl groups is 1. The highest BCUT2D eigenvalue weighted by Crippen LogP contribution is 2.24. The first-order valence-electron chi connectivity index (χ1n) is 4.78. The molecule has 0 aromatic rings. The zero-order chi connectivity index (χ0) is 9.84. The fourth-order valence-electron chi connectivity index (χ4n) is 1.56. The highest BCUT2D eigenvalue weighted by atomic mass is 32.1. The third-order valence-electron chi connectivity index (χ3n) is 2.20. The molecule has 0 saturated carbocycles. The Hall–Kier alpha value is 0.230. The summed E-state index contributed by atoms with van der Waals surface area (Å²) in [6.45, 7) is 3.85. The molecule has 78 valence electrons. The van der Waals surface area contributed by atoms with Gasteiger partial charge in [0.2, 0.25) is 5.62 Å². The zero-order valence-corrected chi connectivity index (χ0v) is 9.04. The summed E-state index contributed by atoms with van der Waals surface area (Å²) >= 11 is 4.13. The smallest absolute Gasteiger partial charge is 0.204 e. The molecule has 4 heteroatoms. The fourth-order valence-corrected chi connectivity index (χ4v) is 1.91. The Morgan fingerprint density at radius 3 is 2.62 bits per heavy atom. The normalized spacial score (nSPS) is 37.4. The molecule has 1 N–H and O–H groups in total. The van der Waals surface area contributed by atoms with E-state index in [9.17, 15) is 5.11 Å². The van der Waals surface area contributed by atoms with E-state index >= 15 is 0 Å². The van der Waals surface area contributed by atoms with E-state index in [0.717, 1.165) is 12.8 Å². The van der Waals surface area contributed by atoms with Gasteiger partial charge in [0.15, 0.2) is 0 Å². The summed E-state index contributed by atoms with van der Waals surface area (Å²) in [6, 6.07) is 0. The molecular weight excluding hydrogens is 188 g/mol. The van der Waals surface area contributed by atoms with Crippen molar-refractivity contribution in [1.82, 2.24) is 0 Å². The van der Waals surface area contributed by atoms with Crippen LogP contribution in [0.25, 0.3) is 0 Å². The van der Waals surface area contributed by atoms with Gasteiger partial charge in [-0.1, -0.05) is 6.92 Å². The van der Waals surface area contributed by atoms with E-state index < -0.39 is 5.62 Å². The Morgan fingerprint density at radius 1 is 1.46 bits per heavy atom. The second-order valence-electron chi connectivity index (χ2n) is 3.55. The van der Waals surface area contributed by atoms with Crippen molar-refractivity contribution in [2.24, 2.45) is 0 Å². The Kier molecular flexibility index (Phi) is 4.52. The van der Waals surface area contributed by atoms with Crippen LogP contribution in [0.3, 0.4) is 0 Å². The molecule has 1 heterocycles. The predicted molar refractivity (Wildman–Crippen MR) is 53.7 cm³/mol. The third-order valence-corrected chi connectivity index (χ3v) is 2.45. The van der Waals surface area contributed by atoms with Gasteiger partial charge in [-0.15, -0.1) is 12.6 Å². The molecule has 0 spiro atoms. The predicted octanol–water partition coefficient (Wildman–Crippen LogP) is 1.55. The standard InChI is InChI=1S/C9H18O3S/c1-3-7-5-8(4-6(2)10)12-9(13)11-7/h6-10,13H,3-5H2,1-2H3. The van der Waals surface area contributed by atoms with Crippen LogP contribution in [0.2, 0.25) is 0 Å². The third kappa shape index (κ3) is 3.85. The van der Waals surface area contributed by atoms with Crippen molar-refractivity contribution in [2.45, 2.75) is 57.0 Å². The first-order valence-corrected chi connectivity index (χ1v) is 5.30. The van der Waals surface area contributed by atoms with Gasteiger partial charge in [-0.3, -0.25) is 0 Å². The van der Waals surface area contributed by atoms with Crippen molar-refractivity contribution in [3.63, 3.8) is 0 Å². The maximum Gasteiger partial charge on any atom is 0.204 e. The second-order valence-corrected chi connectivity index (χ2v) is 3.97. The van der Waals surface area contributed by atoms with Gasteiger partial charge in [0.1, 0.15) is 0 Å². The van der Waals surface area contributed by atoms with E-state index in [-0.39, 0.29) is 18.3 Å². The van der Waals surface area contributed by atoms with Crippen molar-refractivity contribution in [2.75, 3.05) is 0 Å². The molecule has 0 aliphatic carbocycles. The van der Waals surface area contributed by atoms with E-state index in [1.807, 2.05) is 0 Å². The summed E-state index contributed by atoms with van der Waals surface area (Å²) in [5.41, 5.74) is -0.428. The minimum Gasteiger partial charge on any atom is -0.393 e. The van der Waals surface area contributed by atoms with Crippen LogP contribution < -0.4 is 0 Å². The molecule has 0 bridgehead atoms. The van der Waals surface area contributed by atoms with E-state index in [4.69, 9.17) is 9.47 Å². The quantitative estimate of drug-likeness (QED) is 0.688. The lowest BCUT2D eigenvalue weighted by Crippen LogP contribution is -2.36. The molecule has 1 saturated heterocycles. The first-order chi connectivity index (χ1) is 6.11. The van der Waals surface area contributed by atoms with Gasteiger partial charge in [0.05, 0.1) is 18.3 Å². The van der Waals surface area contributed by atoms with Crippen molar-refractivity contribution < 1.29 is 14.6 Å². The molecule has 1 aliphatic rings. The summed E-state index contributed by atoms with van der Waals surface area (Å²) in [5.74, 6) is 0. The molecule has 0 aromatic heterocycles. The molecule has 0 radical (unpaired) electrons. The van der Waals surface area contributed by atoms with Gasteiger partial charge in [0.25, 0.3) is 0 Å². The number of rotatable bonds is 3. The minimum atomic E-state index is -0.428. The molecule has 3 nitrogen and oxygen atoms in total. The number of hydrogen-bond donors (Lipinski definition) is 2. The summed E-state index contributed by atoms with van der Waals surface area (Å²) in [6.07, 6.45) is 2.48. The Balaban J connectivity index is 2.37. The summed E-state index contributed by atoms with van der Waals surface area (Å²) in [7, 11) is 0. The molecule has 0 amide bonds.